The lowest BCUT2D eigenvalue weighted by Gasteiger charge is -2.34. The minimum absolute atomic E-state index is 0.110. The van der Waals surface area contributed by atoms with Crippen molar-refractivity contribution in [2.24, 2.45) is 5.92 Å². The summed E-state index contributed by atoms with van der Waals surface area (Å²) in [6.45, 7) is 10.5. The van der Waals surface area contributed by atoms with E-state index in [1.54, 1.807) is 12.0 Å². The summed E-state index contributed by atoms with van der Waals surface area (Å²) in [4.78, 5) is 25.8. The predicted octanol–water partition coefficient (Wildman–Crippen LogP) is 3.02. The summed E-state index contributed by atoms with van der Waals surface area (Å²) < 4.78 is 10.8. The number of methoxy groups -OCH3 is 1. The van der Waals surface area contributed by atoms with Crippen molar-refractivity contribution in [3.05, 3.63) is 0 Å². The first-order chi connectivity index (χ1) is 9.54. The van der Waals surface area contributed by atoms with Crippen LogP contribution in [0.3, 0.4) is 0 Å². The summed E-state index contributed by atoms with van der Waals surface area (Å²) in [7, 11) is 1.68. The lowest BCUT2D eigenvalue weighted by molar-refractivity contribution is -0.126. The highest BCUT2D eigenvalue weighted by molar-refractivity contribution is 5.84. The first-order valence-electron chi connectivity index (χ1n) is 7.60. The van der Waals surface area contributed by atoms with Gasteiger partial charge in [-0.05, 0) is 47.5 Å². The van der Waals surface area contributed by atoms with Crippen LogP contribution in [0.1, 0.15) is 53.9 Å². The topological polar surface area (TPSA) is 55.8 Å². The quantitative estimate of drug-likeness (QED) is 0.800. The number of ether oxygens (including phenoxy) is 2. The normalized spacial score (nSPS) is 20.6. The van der Waals surface area contributed by atoms with Crippen LogP contribution in [-0.4, -0.2) is 48.2 Å². The maximum atomic E-state index is 12.1. The average Bonchev–Trinajstić information content (AvgIpc) is 2.35. The van der Waals surface area contributed by atoms with Gasteiger partial charge in [-0.25, -0.2) is 4.79 Å². The first kappa shape index (κ1) is 18.0. The predicted molar refractivity (Wildman–Crippen MR) is 81.2 cm³/mol. The molecule has 0 radical (unpaired) electrons. The molecular weight excluding hydrogens is 270 g/mol. The molecule has 21 heavy (non-hydrogen) atoms. The Balaban J connectivity index is 2.58. The van der Waals surface area contributed by atoms with Gasteiger partial charge in [-0.1, -0.05) is 0 Å². The fourth-order valence-electron chi connectivity index (χ4n) is 2.28. The lowest BCUT2D eigenvalue weighted by atomic mass is 9.88. The largest absolute Gasteiger partial charge is 0.444 e. The number of amides is 1. The zero-order valence-electron chi connectivity index (χ0n) is 14.2. The average molecular weight is 299 g/mol. The molecule has 0 aromatic rings. The molecule has 0 bridgehead atoms. The third-order valence-electron chi connectivity index (χ3n) is 3.82. The summed E-state index contributed by atoms with van der Waals surface area (Å²) in [6.07, 6.45) is 1.62. The Hall–Kier alpha value is -1.10. The maximum absolute atomic E-state index is 12.1. The van der Waals surface area contributed by atoms with Gasteiger partial charge in [0.15, 0.2) is 0 Å². The van der Waals surface area contributed by atoms with Crippen molar-refractivity contribution in [3.63, 3.8) is 0 Å². The van der Waals surface area contributed by atoms with Crippen molar-refractivity contribution in [2.45, 2.75) is 65.1 Å². The van der Waals surface area contributed by atoms with Crippen LogP contribution in [0.2, 0.25) is 0 Å². The second-order valence-corrected chi connectivity index (χ2v) is 7.34. The molecule has 1 aliphatic heterocycles. The molecule has 1 unspecified atom stereocenters. The number of nitrogens with zero attached hydrogens (tertiary/aromatic N) is 1. The molecule has 0 saturated carbocycles. The molecule has 1 fully saturated rings. The van der Waals surface area contributed by atoms with Crippen molar-refractivity contribution in [1.29, 1.82) is 0 Å². The highest BCUT2D eigenvalue weighted by atomic mass is 16.6. The highest BCUT2D eigenvalue weighted by Gasteiger charge is 2.33. The van der Waals surface area contributed by atoms with Crippen LogP contribution in [0, 0.1) is 5.92 Å². The standard InChI is InChI=1S/C16H29NO4/c1-15(2,3)21-14(19)17-10-8-13(18)12(11-17)7-9-16(4,5)20-6/h12H,7-11H2,1-6H3. The van der Waals surface area contributed by atoms with E-state index in [4.69, 9.17) is 9.47 Å². The molecular formula is C16H29NO4. The Bertz CT molecular complexity index is 384. The summed E-state index contributed by atoms with van der Waals surface area (Å²) in [5.41, 5.74) is -0.749. The number of piperidine rings is 1. The molecule has 5 heteroatoms. The summed E-state index contributed by atoms with van der Waals surface area (Å²) in [5.74, 6) is 0.127. The van der Waals surface area contributed by atoms with E-state index in [2.05, 4.69) is 0 Å². The second-order valence-electron chi connectivity index (χ2n) is 7.34. The van der Waals surface area contributed by atoms with Crippen molar-refractivity contribution < 1.29 is 19.1 Å². The van der Waals surface area contributed by atoms with Crippen molar-refractivity contribution in [2.75, 3.05) is 20.2 Å². The minimum Gasteiger partial charge on any atom is -0.444 e. The number of likely N-dealkylation sites (tertiary alicyclic amines) is 1. The lowest BCUT2D eigenvalue weighted by Crippen LogP contribution is -2.46. The van der Waals surface area contributed by atoms with Crippen LogP contribution in [0.25, 0.3) is 0 Å². The van der Waals surface area contributed by atoms with Gasteiger partial charge in [0.2, 0.25) is 0 Å². The SMILES string of the molecule is COC(C)(C)CCC1CN(C(=O)OC(C)(C)C)CCC1=O. The molecule has 1 saturated heterocycles. The Kier molecular flexibility index (Phi) is 5.79. The van der Waals surface area contributed by atoms with Crippen LogP contribution >= 0.6 is 0 Å². The van der Waals surface area contributed by atoms with Gasteiger partial charge in [0, 0.05) is 32.5 Å². The first-order valence-corrected chi connectivity index (χ1v) is 7.60. The number of rotatable bonds is 4. The number of hydrogen-bond donors (Lipinski definition) is 0. The van der Waals surface area contributed by atoms with Gasteiger partial charge in [0.1, 0.15) is 11.4 Å². The zero-order valence-corrected chi connectivity index (χ0v) is 14.2. The molecule has 0 aromatic carbocycles. The van der Waals surface area contributed by atoms with Crippen molar-refractivity contribution >= 4 is 11.9 Å². The van der Waals surface area contributed by atoms with Crippen molar-refractivity contribution in [1.82, 2.24) is 4.90 Å². The molecule has 122 valence electrons. The molecule has 1 atom stereocenters. The third-order valence-corrected chi connectivity index (χ3v) is 3.82. The molecule has 1 amide bonds. The van der Waals surface area contributed by atoms with Crippen molar-refractivity contribution in [3.8, 4) is 0 Å². The minimum atomic E-state index is -0.508. The van der Waals surface area contributed by atoms with E-state index in [-0.39, 0.29) is 23.4 Å². The molecule has 0 aromatic heterocycles. The van der Waals surface area contributed by atoms with E-state index in [0.29, 0.717) is 19.5 Å². The highest BCUT2D eigenvalue weighted by Crippen LogP contribution is 2.24. The van der Waals surface area contributed by atoms with Gasteiger partial charge in [0.25, 0.3) is 0 Å². The molecule has 1 heterocycles. The van der Waals surface area contributed by atoms with E-state index in [1.807, 2.05) is 34.6 Å². The molecule has 0 spiro atoms. The number of carbonyl (C=O) groups excluding carboxylic acids is 2. The summed E-state index contributed by atoms with van der Waals surface area (Å²) in [6, 6.07) is 0. The van der Waals surface area contributed by atoms with Gasteiger partial charge in [-0.15, -0.1) is 0 Å². The maximum Gasteiger partial charge on any atom is 0.410 e. The summed E-state index contributed by atoms with van der Waals surface area (Å²) >= 11 is 0. The van der Waals surface area contributed by atoms with Gasteiger partial charge >= 0.3 is 6.09 Å². The second kappa shape index (κ2) is 6.77. The van der Waals surface area contributed by atoms with E-state index >= 15 is 0 Å². The Morgan fingerprint density at radius 3 is 2.43 bits per heavy atom. The molecule has 1 aliphatic rings. The Morgan fingerprint density at radius 1 is 1.29 bits per heavy atom. The molecule has 0 N–H and O–H groups in total. The number of ketones is 1. The van der Waals surface area contributed by atoms with Gasteiger partial charge < -0.3 is 14.4 Å². The molecule has 0 aliphatic carbocycles. The Labute approximate surface area is 128 Å². The zero-order chi connectivity index (χ0) is 16.3. The van der Waals surface area contributed by atoms with E-state index < -0.39 is 5.60 Å². The van der Waals surface area contributed by atoms with E-state index in [1.165, 1.54) is 0 Å². The van der Waals surface area contributed by atoms with Gasteiger partial charge in [-0.2, -0.15) is 0 Å². The van der Waals surface area contributed by atoms with E-state index in [0.717, 1.165) is 12.8 Å². The fraction of sp³-hybridized carbons (Fsp3) is 0.875. The van der Waals surface area contributed by atoms with Gasteiger partial charge in [-0.3, -0.25) is 4.79 Å². The summed E-state index contributed by atoms with van der Waals surface area (Å²) in [5, 5.41) is 0. The molecule has 1 rings (SSSR count). The van der Waals surface area contributed by atoms with Gasteiger partial charge in [0.05, 0.1) is 5.60 Å². The third kappa shape index (κ3) is 6.04. The fourth-order valence-corrected chi connectivity index (χ4v) is 2.28. The number of carbonyl (C=O) groups is 2. The number of hydrogen-bond acceptors (Lipinski definition) is 4. The van der Waals surface area contributed by atoms with Crippen LogP contribution in [0.4, 0.5) is 4.79 Å². The van der Waals surface area contributed by atoms with Crippen LogP contribution in [0.5, 0.6) is 0 Å². The van der Waals surface area contributed by atoms with E-state index in [9.17, 15) is 9.59 Å². The van der Waals surface area contributed by atoms with Crippen LogP contribution < -0.4 is 0 Å². The Morgan fingerprint density at radius 2 is 1.90 bits per heavy atom. The smallest absolute Gasteiger partial charge is 0.410 e. The van der Waals surface area contributed by atoms with Crippen LogP contribution in [-0.2, 0) is 14.3 Å². The number of Topliss-reactive ketones (excluding diaryl/α,β-unsaturated/α-hetero) is 1. The molecule has 5 nitrogen and oxygen atoms in total. The monoisotopic (exact) mass is 299 g/mol. The van der Waals surface area contributed by atoms with Crippen LogP contribution in [0.15, 0.2) is 0 Å².